The van der Waals surface area contributed by atoms with Crippen molar-refractivity contribution in [2.75, 3.05) is 11.9 Å². The number of likely N-dealkylation sites (N-methyl/N-ethyl adjacent to an activating group) is 1. The van der Waals surface area contributed by atoms with E-state index >= 15 is 0 Å². The molecule has 1 unspecified atom stereocenters. The Balaban J connectivity index is 1.52. The number of anilines is 1. The topological polar surface area (TPSA) is 108 Å². The molecule has 1 atom stereocenters. The van der Waals surface area contributed by atoms with Gasteiger partial charge in [-0.15, -0.1) is 0 Å². The van der Waals surface area contributed by atoms with Gasteiger partial charge in [0.05, 0.1) is 16.3 Å². The second-order valence-corrected chi connectivity index (χ2v) is 11.8. The average molecular weight is 545 g/mol. The molecule has 2 aliphatic rings. The maximum absolute atomic E-state index is 14.0. The van der Waals surface area contributed by atoms with Gasteiger partial charge in [-0.2, -0.15) is 4.72 Å². The zero-order chi connectivity index (χ0) is 27.6. The van der Waals surface area contributed by atoms with Crippen molar-refractivity contribution in [3.05, 3.63) is 95.6 Å². The van der Waals surface area contributed by atoms with E-state index in [1.165, 1.54) is 11.0 Å². The van der Waals surface area contributed by atoms with Crippen LogP contribution in [0.3, 0.4) is 0 Å². The molecule has 1 saturated carbocycles. The minimum atomic E-state index is -4.01. The molecule has 8 nitrogen and oxygen atoms in total. The van der Waals surface area contributed by atoms with Gasteiger partial charge in [0, 0.05) is 18.2 Å². The van der Waals surface area contributed by atoms with E-state index in [2.05, 4.69) is 10.0 Å². The molecule has 0 spiro atoms. The summed E-state index contributed by atoms with van der Waals surface area (Å²) in [6, 6.07) is 23.6. The monoisotopic (exact) mass is 544 g/mol. The molecule has 0 radical (unpaired) electrons. The van der Waals surface area contributed by atoms with Gasteiger partial charge in [-0.25, -0.2) is 13.4 Å². The molecule has 9 heteroatoms. The normalized spacial score (nSPS) is 19.0. The third-order valence-electron chi connectivity index (χ3n) is 7.51. The molecular weight excluding hydrogens is 512 g/mol. The van der Waals surface area contributed by atoms with E-state index in [1.54, 1.807) is 32.2 Å². The highest BCUT2D eigenvalue weighted by molar-refractivity contribution is 7.89. The van der Waals surface area contributed by atoms with Crippen molar-refractivity contribution in [1.82, 2.24) is 10.0 Å². The van der Waals surface area contributed by atoms with Crippen LogP contribution in [-0.4, -0.2) is 44.7 Å². The van der Waals surface area contributed by atoms with Crippen LogP contribution in [0.2, 0.25) is 0 Å². The van der Waals surface area contributed by atoms with Gasteiger partial charge in [-0.05, 0) is 37.5 Å². The average Bonchev–Trinajstić information content (AvgIpc) is 3.04. The van der Waals surface area contributed by atoms with Crippen molar-refractivity contribution in [3.8, 4) is 0 Å². The molecule has 5 rings (SSSR count). The van der Waals surface area contributed by atoms with Crippen molar-refractivity contribution in [1.29, 1.82) is 0 Å². The SMILES string of the molecule is Cc1ccccc1S(=O)(=O)NC1(C(=O)NC2N=C(c3ccccc3)c3ccccc3N(C)C2=O)CCCCC1. The number of fused-ring (bicyclic) bond motifs is 1. The summed E-state index contributed by atoms with van der Waals surface area (Å²) in [5, 5.41) is 2.83. The summed E-state index contributed by atoms with van der Waals surface area (Å²) in [7, 11) is -2.35. The fraction of sp³-hybridized carbons (Fsp3) is 0.300. The molecule has 2 amide bonds. The van der Waals surface area contributed by atoms with E-state index < -0.39 is 33.5 Å². The number of benzodiazepines with no additional fused rings is 1. The smallest absolute Gasteiger partial charge is 0.272 e. The first-order valence-corrected chi connectivity index (χ1v) is 14.6. The number of nitrogens with zero attached hydrogens (tertiary/aromatic N) is 2. The Labute approximate surface area is 229 Å². The number of sulfonamides is 1. The number of para-hydroxylation sites is 1. The third-order valence-corrected chi connectivity index (χ3v) is 9.21. The summed E-state index contributed by atoms with van der Waals surface area (Å²) in [6.45, 7) is 1.72. The van der Waals surface area contributed by atoms with Crippen LogP contribution in [0, 0.1) is 6.92 Å². The van der Waals surface area contributed by atoms with Gasteiger partial charge in [-0.1, -0.05) is 86.0 Å². The number of benzene rings is 3. The van der Waals surface area contributed by atoms with Crippen LogP contribution in [0.1, 0.15) is 48.8 Å². The van der Waals surface area contributed by atoms with Gasteiger partial charge in [0.2, 0.25) is 22.1 Å². The van der Waals surface area contributed by atoms with Gasteiger partial charge in [0.1, 0.15) is 5.54 Å². The largest absolute Gasteiger partial charge is 0.325 e. The van der Waals surface area contributed by atoms with Crippen molar-refractivity contribution >= 4 is 33.2 Å². The maximum atomic E-state index is 14.0. The molecule has 2 N–H and O–H groups in total. The number of aryl methyl sites for hydroxylation is 1. The lowest BCUT2D eigenvalue weighted by molar-refractivity contribution is -0.132. The van der Waals surface area contributed by atoms with Gasteiger partial charge < -0.3 is 10.2 Å². The predicted molar refractivity (Wildman–Crippen MR) is 151 cm³/mol. The summed E-state index contributed by atoms with van der Waals surface area (Å²) in [4.78, 5) is 34.0. The molecule has 1 aliphatic heterocycles. The Hall–Kier alpha value is -3.82. The first-order chi connectivity index (χ1) is 18.7. The van der Waals surface area contributed by atoms with Gasteiger partial charge in [0.15, 0.2) is 0 Å². The molecule has 0 aromatic heterocycles. The lowest BCUT2D eigenvalue weighted by Gasteiger charge is -2.37. The summed E-state index contributed by atoms with van der Waals surface area (Å²) < 4.78 is 29.7. The van der Waals surface area contributed by atoms with E-state index in [4.69, 9.17) is 4.99 Å². The fourth-order valence-electron chi connectivity index (χ4n) is 5.41. The van der Waals surface area contributed by atoms with E-state index in [0.29, 0.717) is 42.6 Å². The molecule has 202 valence electrons. The molecule has 3 aromatic rings. The quantitative estimate of drug-likeness (QED) is 0.490. The van der Waals surface area contributed by atoms with Crippen molar-refractivity contribution in [2.45, 2.75) is 55.6 Å². The van der Waals surface area contributed by atoms with Crippen LogP contribution in [0.15, 0.2) is 88.8 Å². The van der Waals surface area contributed by atoms with Crippen molar-refractivity contribution in [2.24, 2.45) is 4.99 Å². The van der Waals surface area contributed by atoms with Crippen LogP contribution in [-0.2, 0) is 19.6 Å². The number of carbonyl (C=O) groups excluding carboxylic acids is 2. The van der Waals surface area contributed by atoms with Crippen LogP contribution in [0.4, 0.5) is 5.69 Å². The molecule has 1 heterocycles. The highest BCUT2D eigenvalue weighted by atomic mass is 32.2. The minimum Gasteiger partial charge on any atom is -0.325 e. The summed E-state index contributed by atoms with van der Waals surface area (Å²) in [6.07, 6.45) is 1.70. The Bertz CT molecular complexity index is 1530. The lowest BCUT2D eigenvalue weighted by Crippen LogP contribution is -2.62. The number of hydrogen-bond acceptors (Lipinski definition) is 5. The number of hydrogen-bond donors (Lipinski definition) is 2. The zero-order valence-corrected chi connectivity index (χ0v) is 22.9. The fourth-order valence-corrected chi connectivity index (χ4v) is 7.08. The van der Waals surface area contributed by atoms with Gasteiger partial charge in [0.25, 0.3) is 5.91 Å². The minimum absolute atomic E-state index is 0.132. The van der Waals surface area contributed by atoms with Crippen LogP contribution in [0.5, 0.6) is 0 Å². The molecule has 39 heavy (non-hydrogen) atoms. The second kappa shape index (κ2) is 10.7. The summed E-state index contributed by atoms with van der Waals surface area (Å²) in [5.41, 5.74) is 2.03. The number of aliphatic imine (C=N–C) groups is 1. The molecule has 0 saturated heterocycles. The Morgan fingerprint density at radius 2 is 1.56 bits per heavy atom. The van der Waals surface area contributed by atoms with Crippen LogP contribution >= 0.6 is 0 Å². The molecule has 0 bridgehead atoms. The summed E-state index contributed by atoms with van der Waals surface area (Å²) in [5.74, 6) is -0.956. The molecule has 1 aliphatic carbocycles. The van der Waals surface area contributed by atoms with Gasteiger partial charge in [-0.3, -0.25) is 9.59 Å². The molecule has 3 aromatic carbocycles. The maximum Gasteiger partial charge on any atom is 0.272 e. The van der Waals surface area contributed by atoms with E-state index in [1.807, 2.05) is 54.6 Å². The Morgan fingerprint density at radius 3 is 2.28 bits per heavy atom. The highest BCUT2D eigenvalue weighted by Gasteiger charge is 2.45. The standard InChI is InChI=1S/C30H32N4O4S/c1-21-13-7-10-18-25(21)39(37,38)33-30(19-11-4-12-20-30)29(36)32-27-28(35)34(2)24-17-9-8-16-23(24)26(31-27)22-14-5-3-6-15-22/h3,5-10,13-18,27,33H,4,11-12,19-20H2,1-2H3,(H,32,36). The van der Waals surface area contributed by atoms with E-state index in [0.717, 1.165) is 17.5 Å². The Kier molecular flexibility index (Phi) is 7.38. The molecule has 1 fully saturated rings. The first-order valence-electron chi connectivity index (χ1n) is 13.1. The first kappa shape index (κ1) is 26.8. The zero-order valence-electron chi connectivity index (χ0n) is 22.1. The number of nitrogens with one attached hydrogen (secondary N) is 2. The highest BCUT2D eigenvalue weighted by Crippen LogP contribution is 2.32. The third kappa shape index (κ3) is 5.24. The molecular formula is C30H32N4O4S. The number of carbonyl (C=O) groups is 2. The number of amides is 2. The van der Waals surface area contributed by atoms with Crippen LogP contribution < -0.4 is 14.9 Å². The lowest BCUT2D eigenvalue weighted by atomic mass is 9.82. The number of rotatable bonds is 6. The van der Waals surface area contributed by atoms with Crippen molar-refractivity contribution < 1.29 is 18.0 Å². The second-order valence-electron chi connectivity index (χ2n) is 10.1. The Morgan fingerprint density at radius 1 is 0.923 bits per heavy atom. The summed E-state index contributed by atoms with van der Waals surface area (Å²) >= 11 is 0. The van der Waals surface area contributed by atoms with Gasteiger partial charge >= 0.3 is 0 Å². The van der Waals surface area contributed by atoms with Crippen LogP contribution in [0.25, 0.3) is 0 Å². The predicted octanol–water partition coefficient (Wildman–Crippen LogP) is 3.93. The van der Waals surface area contributed by atoms with Crippen molar-refractivity contribution in [3.63, 3.8) is 0 Å². The van der Waals surface area contributed by atoms with E-state index in [-0.39, 0.29) is 4.90 Å². The van der Waals surface area contributed by atoms with E-state index in [9.17, 15) is 18.0 Å².